The average molecular weight is 376 g/mol. The molecule has 3 N–H and O–H groups in total. The molecule has 136 valence electrons. The highest BCUT2D eigenvalue weighted by atomic mass is 35.5. The summed E-state index contributed by atoms with van der Waals surface area (Å²) in [5.41, 5.74) is 7.49. The minimum atomic E-state index is -3.14. The molecule has 6 nitrogen and oxygen atoms in total. The van der Waals surface area contributed by atoms with Gasteiger partial charge in [0.25, 0.3) is 0 Å². The molecule has 0 radical (unpaired) electrons. The van der Waals surface area contributed by atoms with E-state index in [1.807, 2.05) is 24.3 Å². The number of nitrogens with zero attached hydrogens (tertiary/aromatic N) is 1. The van der Waals surface area contributed by atoms with E-state index in [-0.39, 0.29) is 30.0 Å². The minimum Gasteiger partial charge on any atom is -0.399 e. The molecule has 1 amide bonds. The quantitative estimate of drug-likeness (QED) is 0.735. The number of piperidine rings is 1. The van der Waals surface area contributed by atoms with E-state index in [0.29, 0.717) is 32.5 Å². The zero-order valence-electron chi connectivity index (χ0n) is 13.9. The fourth-order valence-corrected chi connectivity index (χ4v) is 3.87. The van der Waals surface area contributed by atoms with Gasteiger partial charge in [-0.15, -0.1) is 12.4 Å². The Kier molecular flexibility index (Phi) is 7.99. The van der Waals surface area contributed by atoms with E-state index in [2.05, 4.69) is 5.32 Å². The first kappa shape index (κ1) is 20.7. The van der Waals surface area contributed by atoms with E-state index >= 15 is 0 Å². The number of hydrogen-bond donors (Lipinski definition) is 2. The summed E-state index contributed by atoms with van der Waals surface area (Å²) in [6, 6.07) is 7.60. The van der Waals surface area contributed by atoms with Gasteiger partial charge in [0.15, 0.2) is 0 Å². The molecule has 0 atom stereocenters. The van der Waals surface area contributed by atoms with Crippen LogP contribution in [0.15, 0.2) is 24.3 Å². The summed E-state index contributed by atoms with van der Waals surface area (Å²) in [4.78, 5) is 12.2. The average Bonchev–Trinajstić information content (AvgIpc) is 2.56. The van der Waals surface area contributed by atoms with Crippen molar-refractivity contribution in [2.45, 2.75) is 26.2 Å². The summed E-state index contributed by atoms with van der Waals surface area (Å²) in [5, 5.41) is 2.94. The van der Waals surface area contributed by atoms with Crippen LogP contribution in [0, 0.1) is 5.92 Å². The Morgan fingerprint density at radius 1 is 1.25 bits per heavy atom. The van der Waals surface area contributed by atoms with Gasteiger partial charge in [-0.05, 0) is 43.9 Å². The number of hydrogen-bond acceptors (Lipinski definition) is 4. The number of carbonyl (C=O) groups excluding carboxylic acids is 1. The second kappa shape index (κ2) is 9.25. The summed E-state index contributed by atoms with van der Waals surface area (Å²) in [7, 11) is -3.14. The van der Waals surface area contributed by atoms with Crippen LogP contribution in [-0.4, -0.2) is 44.0 Å². The van der Waals surface area contributed by atoms with Crippen molar-refractivity contribution in [1.29, 1.82) is 0 Å². The highest BCUT2D eigenvalue weighted by Crippen LogP contribution is 2.20. The number of carbonyl (C=O) groups is 1. The number of amides is 1. The zero-order chi connectivity index (χ0) is 16.9. The van der Waals surface area contributed by atoms with Crippen LogP contribution in [0.1, 0.15) is 25.3 Å². The first-order chi connectivity index (χ1) is 10.9. The van der Waals surface area contributed by atoms with Gasteiger partial charge in [-0.2, -0.15) is 0 Å². The third-order valence-electron chi connectivity index (χ3n) is 4.28. The van der Waals surface area contributed by atoms with Crippen LogP contribution in [0.25, 0.3) is 0 Å². The Labute approximate surface area is 150 Å². The number of halogens is 1. The number of nitrogen functional groups attached to an aromatic ring is 1. The highest BCUT2D eigenvalue weighted by molar-refractivity contribution is 7.89. The van der Waals surface area contributed by atoms with Gasteiger partial charge in [-0.25, -0.2) is 12.7 Å². The van der Waals surface area contributed by atoms with Gasteiger partial charge in [-0.3, -0.25) is 4.79 Å². The zero-order valence-corrected chi connectivity index (χ0v) is 15.5. The van der Waals surface area contributed by atoms with Crippen molar-refractivity contribution in [3.63, 3.8) is 0 Å². The van der Waals surface area contributed by atoms with Gasteiger partial charge >= 0.3 is 0 Å². The maximum Gasteiger partial charge on any atom is 0.223 e. The van der Waals surface area contributed by atoms with Crippen molar-refractivity contribution >= 4 is 34.0 Å². The van der Waals surface area contributed by atoms with E-state index in [0.717, 1.165) is 17.7 Å². The maximum absolute atomic E-state index is 12.2. The molecule has 1 aromatic rings. The Morgan fingerprint density at radius 2 is 1.83 bits per heavy atom. The summed E-state index contributed by atoms with van der Waals surface area (Å²) < 4.78 is 25.1. The number of rotatable bonds is 6. The van der Waals surface area contributed by atoms with Crippen LogP contribution in [0.5, 0.6) is 0 Å². The van der Waals surface area contributed by atoms with Crippen molar-refractivity contribution in [3.05, 3.63) is 29.8 Å². The number of anilines is 1. The van der Waals surface area contributed by atoms with Gasteiger partial charge in [0.05, 0.1) is 5.75 Å². The molecule has 0 unspecified atom stereocenters. The smallest absolute Gasteiger partial charge is 0.223 e. The molecule has 1 aromatic carbocycles. The van der Waals surface area contributed by atoms with Gasteiger partial charge in [-0.1, -0.05) is 12.1 Å². The predicted molar refractivity (Wildman–Crippen MR) is 98.6 cm³/mol. The third-order valence-corrected chi connectivity index (χ3v) is 6.16. The fourth-order valence-electron chi connectivity index (χ4n) is 2.74. The van der Waals surface area contributed by atoms with Crippen molar-refractivity contribution in [1.82, 2.24) is 9.62 Å². The number of nitrogens with two attached hydrogens (primary N) is 1. The van der Waals surface area contributed by atoms with E-state index in [4.69, 9.17) is 5.73 Å². The monoisotopic (exact) mass is 375 g/mol. The van der Waals surface area contributed by atoms with Crippen molar-refractivity contribution < 1.29 is 13.2 Å². The molecule has 0 spiro atoms. The molecule has 2 rings (SSSR count). The van der Waals surface area contributed by atoms with Gasteiger partial charge in [0.2, 0.25) is 15.9 Å². The van der Waals surface area contributed by atoms with Crippen molar-refractivity contribution in [2.24, 2.45) is 5.92 Å². The first-order valence-corrected chi connectivity index (χ1v) is 9.63. The summed E-state index contributed by atoms with van der Waals surface area (Å²) in [6.07, 6.45) is 1.94. The second-order valence-electron chi connectivity index (χ2n) is 5.86. The maximum atomic E-state index is 12.2. The van der Waals surface area contributed by atoms with Crippen LogP contribution in [0.4, 0.5) is 5.69 Å². The molecule has 1 fully saturated rings. The molecule has 1 aliphatic heterocycles. The van der Waals surface area contributed by atoms with Gasteiger partial charge < -0.3 is 11.1 Å². The normalized spacial score (nSPS) is 16.4. The summed E-state index contributed by atoms with van der Waals surface area (Å²) in [6.45, 7) is 3.10. The van der Waals surface area contributed by atoms with Crippen molar-refractivity contribution in [3.8, 4) is 0 Å². The molecule has 24 heavy (non-hydrogen) atoms. The van der Waals surface area contributed by atoms with Gasteiger partial charge in [0.1, 0.15) is 0 Å². The lowest BCUT2D eigenvalue weighted by Crippen LogP contribution is -2.43. The standard InChI is InChI=1S/C16H25N3O3S.ClH/c1-2-23(21,22)19-11-8-14(9-12-19)16(20)18-10-7-13-3-5-15(17)6-4-13;/h3-6,14H,2,7-12,17H2,1H3,(H,18,20);1H. The van der Waals surface area contributed by atoms with Crippen LogP contribution >= 0.6 is 12.4 Å². The summed E-state index contributed by atoms with van der Waals surface area (Å²) >= 11 is 0. The highest BCUT2D eigenvalue weighted by Gasteiger charge is 2.29. The Balaban J connectivity index is 0.00000288. The van der Waals surface area contributed by atoms with Crippen LogP contribution in [0.2, 0.25) is 0 Å². The topological polar surface area (TPSA) is 92.5 Å². The molecule has 0 saturated carbocycles. The van der Waals surface area contributed by atoms with E-state index in [1.165, 1.54) is 4.31 Å². The third kappa shape index (κ3) is 5.65. The molecular formula is C16H26ClN3O3S. The lowest BCUT2D eigenvalue weighted by Gasteiger charge is -2.30. The molecule has 0 aliphatic carbocycles. The van der Waals surface area contributed by atoms with Gasteiger partial charge in [0, 0.05) is 31.2 Å². The molecular weight excluding hydrogens is 350 g/mol. The SMILES string of the molecule is CCS(=O)(=O)N1CCC(C(=O)NCCc2ccc(N)cc2)CC1.Cl. The molecule has 0 aromatic heterocycles. The van der Waals surface area contributed by atoms with E-state index < -0.39 is 10.0 Å². The van der Waals surface area contributed by atoms with Crippen molar-refractivity contribution in [2.75, 3.05) is 31.1 Å². The Hall–Kier alpha value is -1.31. The second-order valence-corrected chi connectivity index (χ2v) is 8.11. The predicted octanol–water partition coefficient (Wildman–Crippen LogP) is 1.41. The molecule has 1 heterocycles. The molecule has 8 heteroatoms. The molecule has 1 aliphatic rings. The fraction of sp³-hybridized carbons (Fsp3) is 0.562. The molecule has 0 bridgehead atoms. The number of nitrogens with one attached hydrogen (secondary N) is 1. The lowest BCUT2D eigenvalue weighted by molar-refractivity contribution is -0.126. The van der Waals surface area contributed by atoms with Crippen LogP contribution in [0.3, 0.4) is 0 Å². The number of sulfonamides is 1. The lowest BCUT2D eigenvalue weighted by atomic mass is 9.97. The van der Waals surface area contributed by atoms with E-state index in [9.17, 15) is 13.2 Å². The number of benzene rings is 1. The van der Waals surface area contributed by atoms with Crippen LogP contribution < -0.4 is 11.1 Å². The molecule has 1 saturated heterocycles. The summed E-state index contributed by atoms with van der Waals surface area (Å²) in [5.74, 6) is 0.0459. The first-order valence-electron chi connectivity index (χ1n) is 8.02. The van der Waals surface area contributed by atoms with Crippen LogP contribution in [-0.2, 0) is 21.2 Å². The largest absolute Gasteiger partial charge is 0.399 e. The van der Waals surface area contributed by atoms with E-state index in [1.54, 1.807) is 6.92 Å². The Bertz CT molecular complexity index is 626. The minimum absolute atomic E-state index is 0. The Morgan fingerprint density at radius 3 is 2.38 bits per heavy atom.